The Balaban J connectivity index is 1.54. The fourth-order valence-corrected chi connectivity index (χ4v) is 4.51. The molecule has 0 fully saturated rings. The number of sulfonamides is 1. The van der Waals surface area contributed by atoms with Gasteiger partial charge >= 0.3 is 0 Å². The molecule has 9 heteroatoms. The predicted octanol–water partition coefficient (Wildman–Crippen LogP) is 3.19. The summed E-state index contributed by atoms with van der Waals surface area (Å²) in [4.78, 5) is 12.8. The molecule has 4 rings (SSSR count). The van der Waals surface area contributed by atoms with Crippen molar-refractivity contribution in [3.8, 4) is 11.5 Å². The Labute approximate surface area is 180 Å². The molecule has 1 N–H and O–H groups in total. The number of hydrogen-bond donors (Lipinski definition) is 1. The number of carbonyl (C=O) groups is 1. The van der Waals surface area contributed by atoms with Crippen molar-refractivity contribution in [1.29, 1.82) is 0 Å². The molecule has 3 aromatic rings. The van der Waals surface area contributed by atoms with Gasteiger partial charge in [-0.25, -0.2) is 8.42 Å². The molecular weight excluding hydrogens is 420 g/mol. The van der Waals surface area contributed by atoms with Crippen LogP contribution in [0, 0.1) is 6.92 Å². The second-order valence-corrected chi connectivity index (χ2v) is 9.01. The highest BCUT2D eigenvalue weighted by Crippen LogP contribution is 2.32. The molecule has 0 atom stereocenters. The molecule has 0 unspecified atom stereocenters. The first kappa shape index (κ1) is 21.0. The van der Waals surface area contributed by atoms with Crippen LogP contribution in [0.1, 0.15) is 11.3 Å². The highest BCUT2D eigenvalue weighted by molar-refractivity contribution is 7.89. The van der Waals surface area contributed by atoms with Gasteiger partial charge in [0.15, 0.2) is 11.5 Å². The summed E-state index contributed by atoms with van der Waals surface area (Å²) in [6.07, 6.45) is 1.46. The number of benzene rings is 2. The molecule has 0 radical (unpaired) electrons. The SMILES string of the molecule is Cc1ccc(S(=O)(=O)N(CC(=O)Nc2ccc3c(c2)OCCO3)Cc2ccco2)cc1. The van der Waals surface area contributed by atoms with Crippen molar-refractivity contribution in [2.24, 2.45) is 0 Å². The standard InChI is InChI=1S/C22H22N2O6S/c1-16-4-7-19(8-5-16)31(26,27)24(14-18-3-2-10-28-18)15-22(25)23-17-6-9-20-21(13-17)30-12-11-29-20/h2-10,13H,11-12,14-15H2,1H3,(H,23,25). The van der Waals surface area contributed by atoms with Gasteiger partial charge in [0.25, 0.3) is 0 Å². The van der Waals surface area contributed by atoms with Gasteiger partial charge in [-0.1, -0.05) is 17.7 Å². The van der Waals surface area contributed by atoms with E-state index in [1.165, 1.54) is 18.4 Å². The first-order chi connectivity index (χ1) is 14.9. The van der Waals surface area contributed by atoms with Crippen molar-refractivity contribution < 1.29 is 27.1 Å². The second kappa shape index (κ2) is 8.83. The average Bonchev–Trinajstić information content (AvgIpc) is 3.27. The molecule has 1 aromatic heterocycles. The van der Waals surface area contributed by atoms with E-state index in [2.05, 4.69) is 5.32 Å². The minimum Gasteiger partial charge on any atom is -0.486 e. The number of nitrogens with zero attached hydrogens (tertiary/aromatic N) is 1. The average molecular weight is 442 g/mol. The van der Waals surface area contributed by atoms with Gasteiger partial charge in [-0.3, -0.25) is 4.79 Å². The van der Waals surface area contributed by atoms with E-state index < -0.39 is 15.9 Å². The number of nitrogens with one attached hydrogen (secondary N) is 1. The Morgan fingerprint density at radius 3 is 2.48 bits per heavy atom. The molecule has 31 heavy (non-hydrogen) atoms. The summed E-state index contributed by atoms with van der Waals surface area (Å²) in [6.45, 7) is 2.31. The van der Waals surface area contributed by atoms with E-state index >= 15 is 0 Å². The first-order valence-electron chi connectivity index (χ1n) is 9.70. The number of anilines is 1. The first-order valence-corrected chi connectivity index (χ1v) is 11.1. The summed E-state index contributed by atoms with van der Waals surface area (Å²) in [5.41, 5.74) is 1.42. The Hall–Kier alpha value is -3.30. The van der Waals surface area contributed by atoms with Crippen molar-refractivity contribution in [3.05, 3.63) is 72.2 Å². The summed E-state index contributed by atoms with van der Waals surface area (Å²) in [5.74, 6) is 1.08. The van der Waals surface area contributed by atoms with Crippen LogP contribution >= 0.6 is 0 Å². The number of carbonyl (C=O) groups excluding carboxylic acids is 1. The monoisotopic (exact) mass is 442 g/mol. The van der Waals surface area contributed by atoms with Crippen LogP contribution < -0.4 is 14.8 Å². The molecule has 1 amide bonds. The molecule has 2 aromatic carbocycles. The van der Waals surface area contributed by atoms with Gasteiger partial charge in [-0.2, -0.15) is 4.31 Å². The van der Waals surface area contributed by atoms with E-state index in [9.17, 15) is 13.2 Å². The zero-order chi connectivity index (χ0) is 21.8. The van der Waals surface area contributed by atoms with Gasteiger partial charge < -0.3 is 19.2 Å². The fourth-order valence-electron chi connectivity index (χ4n) is 3.14. The van der Waals surface area contributed by atoms with E-state index in [0.29, 0.717) is 36.2 Å². The zero-order valence-electron chi connectivity index (χ0n) is 16.9. The van der Waals surface area contributed by atoms with Crippen molar-refractivity contribution in [2.45, 2.75) is 18.4 Å². The number of furan rings is 1. The third-order valence-corrected chi connectivity index (χ3v) is 6.52. The fraction of sp³-hybridized carbons (Fsp3) is 0.227. The highest BCUT2D eigenvalue weighted by atomic mass is 32.2. The lowest BCUT2D eigenvalue weighted by atomic mass is 10.2. The lowest BCUT2D eigenvalue weighted by Gasteiger charge is -2.22. The number of rotatable bonds is 7. The van der Waals surface area contributed by atoms with Gasteiger partial charge in [-0.05, 0) is 43.3 Å². The Kier molecular flexibility index (Phi) is 5.97. The van der Waals surface area contributed by atoms with Crippen LogP contribution in [-0.4, -0.2) is 38.4 Å². The van der Waals surface area contributed by atoms with Crippen molar-refractivity contribution in [1.82, 2.24) is 4.31 Å². The summed E-state index contributed by atoms with van der Waals surface area (Å²) >= 11 is 0. The van der Waals surface area contributed by atoms with Crippen LogP contribution in [-0.2, 0) is 21.4 Å². The number of aryl methyl sites for hydroxylation is 1. The maximum absolute atomic E-state index is 13.2. The van der Waals surface area contributed by atoms with Crippen molar-refractivity contribution in [2.75, 3.05) is 25.1 Å². The number of amides is 1. The largest absolute Gasteiger partial charge is 0.486 e. The molecule has 0 aliphatic carbocycles. The Morgan fingerprint density at radius 1 is 1.03 bits per heavy atom. The van der Waals surface area contributed by atoms with E-state index in [-0.39, 0.29) is 18.0 Å². The summed E-state index contributed by atoms with van der Waals surface area (Å²) in [5, 5.41) is 2.72. The lowest BCUT2D eigenvalue weighted by molar-refractivity contribution is -0.116. The topological polar surface area (TPSA) is 98.1 Å². The second-order valence-electron chi connectivity index (χ2n) is 7.07. The minimum atomic E-state index is -3.93. The quantitative estimate of drug-likeness (QED) is 0.604. The molecule has 0 saturated heterocycles. The number of ether oxygens (including phenoxy) is 2. The van der Waals surface area contributed by atoms with Gasteiger partial charge in [0.2, 0.25) is 15.9 Å². The molecule has 2 heterocycles. The zero-order valence-corrected chi connectivity index (χ0v) is 17.7. The van der Waals surface area contributed by atoms with Crippen LogP contribution in [0.15, 0.2) is 70.2 Å². The van der Waals surface area contributed by atoms with Crippen molar-refractivity contribution >= 4 is 21.6 Å². The molecule has 0 bridgehead atoms. The van der Waals surface area contributed by atoms with E-state index in [1.54, 1.807) is 42.5 Å². The van der Waals surface area contributed by atoms with E-state index in [1.807, 2.05) is 6.92 Å². The minimum absolute atomic E-state index is 0.0717. The lowest BCUT2D eigenvalue weighted by Crippen LogP contribution is -2.37. The summed E-state index contributed by atoms with van der Waals surface area (Å²) in [7, 11) is -3.93. The molecule has 162 valence electrons. The van der Waals surface area contributed by atoms with E-state index in [4.69, 9.17) is 13.9 Å². The smallest absolute Gasteiger partial charge is 0.243 e. The molecule has 0 spiro atoms. The van der Waals surface area contributed by atoms with Gasteiger partial charge in [0, 0.05) is 11.8 Å². The van der Waals surface area contributed by atoms with E-state index in [0.717, 1.165) is 9.87 Å². The van der Waals surface area contributed by atoms with Crippen molar-refractivity contribution in [3.63, 3.8) is 0 Å². The highest BCUT2D eigenvalue weighted by Gasteiger charge is 2.28. The summed E-state index contributed by atoms with van der Waals surface area (Å²) < 4.78 is 43.8. The predicted molar refractivity (Wildman–Crippen MR) is 114 cm³/mol. The maximum Gasteiger partial charge on any atom is 0.243 e. The molecule has 8 nitrogen and oxygen atoms in total. The normalized spacial score (nSPS) is 13.2. The van der Waals surface area contributed by atoms with Crippen LogP contribution in [0.25, 0.3) is 0 Å². The van der Waals surface area contributed by atoms with Crippen LogP contribution in [0.3, 0.4) is 0 Å². The van der Waals surface area contributed by atoms with Gasteiger partial charge in [0.1, 0.15) is 19.0 Å². The molecule has 1 aliphatic rings. The Morgan fingerprint density at radius 2 is 1.77 bits per heavy atom. The maximum atomic E-state index is 13.2. The summed E-state index contributed by atoms with van der Waals surface area (Å²) in [6, 6.07) is 14.8. The third kappa shape index (κ3) is 4.89. The Bertz CT molecular complexity index is 1160. The molecular formula is C22H22N2O6S. The number of hydrogen-bond acceptors (Lipinski definition) is 6. The van der Waals surface area contributed by atoms with Gasteiger partial charge in [0.05, 0.1) is 24.2 Å². The molecule has 0 saturated carbocycles. The van der Waals surface area contributed by atoms with Crippen LogP contribution in [0.4, 0.5) is 5.69 Å². The van der Waals surface area contributed by atoms with Gasteiger partial charge in [-0.15, -0.1) is 0 Å². The third-order valence-electron chi connectivity index (χ3n) is 4.72. The molecule has 1 aliphatic heterocycles. The number of fused-ring (bicyclic) bond motifs is 1. The van der Waals surface area contributed by atoms with Crippen LogP contribution in [0.5, 0.6) is 11.5 Å². The van der Waals surface area contributed by atoms with Crippen LogP contribution in [0.2, 0.25) is 0 Å².